The van der Waals surface area contributed by atoms with E-state index < -0.39 is 0 Å². The van der Waals surface area contributed by atoms with Crippen molar-refractivity contribution in [2.24, 2.45) is 0 Å². The molecule has 0 bridgehead atoms. The molecule has 1 aliphatic rings. The van der Waals surface area contributed by atoms with Gasteiger partial charge in [-0.2, -0.15) is 15.8 Å². The van der Waals surface area contributed by atoms with Crippen molar-refractivity contribution in [3.8, 4) is 18.2 Å². The first-order valence-electron chi connectivity index (χ1n) is 4.64. The Hall–Kier alpha value is -1.65. The fraction of sp³-hybridized carbons (Fsp3) is 0.667. The number of hydrogen-bond acceptors (Lipinski definition) is 6. The molecule has 1 saturated heterocycles. The van der Waals surface area contributed by atoms with Crippen LogP contribution in [-0.4, -0.2) is 42.3 Å². The average molecular weight is 204 g/mol. The highest BCUT2D eigenvalue weighted by molar-refractivity contribution is 4.89. The lowest BCUT2D eigenvalue weighted by Gasteiger charge is -2.38. The molecule has 1 fully saturated rings. The molecule has 6 heteroatoms. The molecule has 15 heavy (non-hydrogen) atoms. The molecule has 0 spiro atoms. The molecule has 0 aliphatic carbocycles. The van der Waals surface area contributed by atoms with E-state index in [0.29, 0.717) is 26.2 Å². The van der Waals surface area contributed by atoms with E-state index in [1.54, 1.807) is 5.01 Å². The van der Waals surface area contributed by atoms with Crippen molar-refractivity contribution >= 4 is 0 Å². The molecule has 6 nitrogen and oxygen atoms in total. The predicted molar refractivity (Wildman–Crippen MR) is 51.5 cm³/mol. The maximum atomic E-state index is 8.59. The molecule has 1 heterocycles. The van der Waals surface area contributed by atoms with Crippen molar-refractivity contribution in [3.63, 3.8) is 0 Å². The molecule has 0 aromatic carbocycles. The van der Waals surface area contributed by atoms with Gasteiger partial charge in [0.05, 0.1) is 37.8 Å². The largest absolute Gasteiger partial charge is 0.275 e. The second kappa shape index (κ2) is 5.95. The standard InChI is InChI=1S/C9H12N6/c10-2-1-9-7-14(5-3-11)8-15(13-9)6-4-12/h9,13H,1,5-8H2. The van der Waals surface area contributed by atoms with Gasteiger partial charge in [-0.05, 0) is 0 Å². The van der Waals surface area contributed by atoms with Gasteiger partial charge in [-0.15, -0.1) is 0 Å². The number of nitrogens with zero attached hydrogens (tertiary/aromatic N) is 5. The molecule has 78 valence electrons. The van der Waals surface area contributed by atoms with Gasteiger partial charge in [0.15, 0.2) is 0 Å². The Morgan fingerprint density at radius 3 is 2.47 bits per heavy atom. The molecule has 0 aromatic heterocycles. The van der Waals surface area contributed by atoms with Gasteiger partial charge in [-0.25, -0.2) is 10.4 Å². The Labute approximate surface area is 88.9 Å². The van der Waals surface area contributed by atoms with Crippen LogP contribution in [0.4, 0.5) is 0 Å². The Kier molecular flexibility index (Phi) is 4.53. The Balaban J connectivity index is 2.54. The van der Waals surface area contributed by atoms with Crippen molar-refractivity contribution in [2.75, 3.05) is 26.3 Å². The zero-order valence-corrected chi connectivity index (χ0v) is 8.35. The molecule has 1 rings (SSSR count). The summed E-state index contributed by atoms with van der Waals surface area (Å²) in [4.78, 5) is 1.91. The smallest absolute Gasteiger partial charge is 0.102 e. The molecule has 0 radical (unpaired) electrons. The fourth-order valence-corrected chi connectivity index (χ4v) is 1.57. The third-order valence-corrected chi connectivity index (χ3v) is 2.11. The first-order valence-corrected chi connectivity index (χ1v) is 4.64. The van der Waals surface area contributed by atoms with Gasteiger partial charge in [-0.3, -0.25) is 4.90 Å². The van der Waals surface area contributed by atoms with Crippen molar-refractivity contribution in [3.05, 3.63) is 0 Å². The van der Waals surface area contributed by atoms with Gasteiger partial charge in [0.25, 0.3) is 0 Å². The molecule has 1 atom stereocenters. The van der Waals surface area contributed by atoms with Crippen LogP contribution in [0.25, 0.3) is 0 Å². The average Bonchev–Trinajstić information content (AvgIpc) is 2.19. The first-order chi connectivity index (χ1) is 7.30. The molecule has 0 saturated carbocycles. The number of hydrazine groups is 1. The quantitative estimate of drug-likeness (QED) is 0.617. The van der Waals surface area contributed by atoms with Crippen molar-refractivity contribution in [1.82, 2.24) is 15.3 Å². The summed E-state index contributed by atoms with van der Waals surface area (Å²) in [6.07, 6.45) is 0.379. The van der Waals surface area contributed by atoms with Crippen LogP contribution in [0, 0.1) is 34.0 Å². The van der Waals surface area contributed by atoms with Crippen LogP contribution >= 0.6 is 0 Å². The highest BCUT2D eigenvalue weighted by atomic mass is 15.6. The first kappa shape index (κ1) is 11.4. The van der Waals surface area contributed by atoms with E-state index in [-0.39, 0.29) is 12.6 Å². The Morgan fingerprint density at radius 2 is 1.87 bits per heavy atom. The van der Waals surface area contributed by atoms with Gasteiger partial charge >= 0.3 is 0 Å². The summed E-state index contributed by atoms with van der Waals surface area (Å²) in [6.45, 7) is 1.79. The summed E-state index contributed by atoms with van der Waals surface area (Å²) >= 11 is 0. The Morgan fingerprint density at radius 1 is 1.13 bits per heavy atom. The minimum absolute atomic E-state index is 0.00505. The number of rotatable bonds is 3. The van der Waals surface area contributed by atoms with Gasteiger partial charge < -0.3 is 0 Å². The third kappa shape index (κ3) is 3.53. The van der Waals surface area contributed by atoms with E-state index in [1.807, 2.05) is 11.0 Å². The lowest BCUT2D eigenvalue weighted by molar-refractivity contribution is 0.0298. The summed E-state index contributed by atoms with van der Waals surface area (Å²) in [6, 6.07) is 6.19. The summed E-state index contributed by atoms with van der Waals surface area (Å²) in [5.74, 6) is 0. The fourth-order valence-electron chi connectivity index (χ4n) is 1.57. The molecule has 0 amide bonds. The van der Waals surface area contributed by atoms with Crippen LogP contribution in [0.3, 0.4) is 0 Å². The number of nitriles is 3. The van der Waals surface area contributed by atoms with E-state index >= 15 is 0 Å². The predicted octanol–water partition coefficient (Wildman–Crippen LogP) is -0.604. The third-order valence-electron chi connectivity index (χ3n) is 2.11. The highest BCUT2D eigenvalue weighted by Crippen LogP contribution is 2.05. The van der Waals surface area contributed by atoms with Crippen LogP contribution in [0.2, 0.25) is 0 Å². The van der Waals surface area contributed by atoms with Gasteiger partial charge in [0, 0.05) is 12.6 Å². The molecular weight excluding hydrogens is 192 g/mol. The van der Waals surface area contributed by atoms with Gasteiger partial charge in [-0.1, -0.05) is 0 Å². The van der Waals surface area contributed by atoms with Crippen LogP contribution < -0.4 is 5.43 Å². The van der Waals surface area contributed by atoms with Crippen molar-refractivity contribution in [2.45, 2.75) is 12.5 Å². The molecule has 1 N–H and O–H groups in total. The lowest BCUT2D eigenvalue weighted by atomic mass is 10.2. The van der Waals surface area contributed by atoms with Crippen LogP contribution in [0.5, 0.6) is 0 Å². The SMILES string of the molecule is N#CCC1CN(CC#N)CN(CC#N)N1. The topological polar surface area (TPSA) is 89.9 Å². The van der Waals surface area contributed by atoms with E-state index in [2.05, 4.69) is 17.6 Å². The molecule has 1 unspecified atom stereocenters. The monoisotopic (exact) mass is 204 g/mol. The van der Waals surface area contributed by atoms with Crippen molar-refractivity contribution < 1.29 is 0 Å². The highest BCUT2D eigenvalue weighted by Gasteiger charge is 2.23. The lowest BCUT2D eigenvalue weighted by Crippen LogP contribution is -2.59. The second-order valence-corrected chi connectivity index (χ2v) is 3.36. The zero-order valence-electron chi connectivity index (χ0n) is 8.35. The van der Waals surface area contributed by atoms with E-state index in [9.17, 15) is 0 Å². The number of nitrogens with one attached hydrogen (secondary N) is 1. The second-order valence-electron chi connectivity index (χ2n) is 3.36. The summed E-state index contributed by atoms with van der Waals surface area (Å²) < 4.78 is 0. The van der Waals surface area contributed by atoms with Gasteiger partial charge in [0.2, 0.25) is 0 Å². The maximum absolute atomic E-state index is 8.59. The summed E-state index contributed by atoms with van der Waals surface area (Å²) in [5.41, 5.74) is 3.08. The minimum atomic E-state index is 0.00505. The van der Waals surface area contributed by atoms with Gasteiger partial charge in [0.1, 0.15) is 6.54 Å². The minimum Gasteiger partial charge on any atom is -0.275 e. The summed E-state index contributed by atoms with van der Waals surface area (Å²) in [5, 5.41) is 27.5. The van der Waals surface area contributed by atoms with Crippen LogP contribution in [0.15, 0.2) is 0 Å². The molecule has 0 aromatic rings. The normalized spacial score (nSPS) is 22.6. The van der Waals surface area contributed by atoms with Crippen LogP contribution in [-0.2, 0) is 0 Å². The van der Waals surface area contributed by atoms with E-state index in [1.165, 1.54) is 0 Å². The maximum Gasteiger partial charge on any atom is 0.102 e. The van der Waals surface area contributed by atoms with E-state index in [4.69, 9.17) is 15.8 Å². The molecular formula is C9H12N6. The van der Waals surface area contributed by atoms with Crippen LogP contribution in [0.1, 0.15) is 6.42 Å². The van der Waals surface area contributed by atoms with E-state index in [0.717, 1.165) is 0 Å². The summed E-state index contributed by atoms with van der Waals surface area (Å²) in [7, 11) is 0. The zero-order chi connectivity index (χ0) is 11.1. The van der Waals surface area contributed by atoms with Crippen molar-refractivity contribution in [1.29, 1.82) is 15.8 Å². The number of hydrogen-bond donors (Lipinski definition) is 1. The Bertz CT molecular complexity index is 261. The molecule has 1 aliphatic heterocycles.